The average molecular weight is 280 g/mol. The number of carbonyl (C=O) groups is 1. The molecule has 3 nitrogen and oxygen atoms in total. The third kappa shape index (κ3) is 4.47. The maximum Gasteiger partial charge on any atom is 0.223 e. The van der Waals surface area contributed by atoms with Gasteiger partial charge < -0.3 is 11.1 Å². The summed E-state index contributed by atoms with van der Waals surface area (Å²) in [6.45, 7) is 3.03. The quantitative estimate of drug-likeness (QED) is 0.812. The number of amides is 1. The van der Waals surface area contributed by atoms with Gasteiger partial charge in [0.1, 0.15) is 0 Å². The first kappa shape index (κ1) is 15.8. The van der Waals surface area contributed by atoms with Gasteiger partial charge in [-0.3, -0.25) is 4.79 Å². The van der Waals surface area contributed by atoms with E-state index in [9.17, 15) is 4.79 Å². The SMILES string of the molecule is CCC1CCCC(NC(=O)C2CCCC(CCN)C2)C1. The molecule has 0 saturated heterocycles. The van der Waals surface area contributed by atoms with Crippen LogP contribution in [0.2, 0.25) is 0 Å². The Morgan fingerprint density at radius 2 is 1.85 bits per heavy atom. The van der Waals surface area contributed by atoms with Crippen LogP contribution in [-0.4, -0.2) is 18.5 Å². The fraction of sp³-hybridized carbons (Fsp3) is 0.941. The molecule has 2 fully saturated rings. The van der Waals surface area contributed by atoms with Gasteiger partial charge in [0.25, 0.3) is 0 Å². The van der Waals surface area contributed by atoms with Gasteiger partial charge in [0.05, 0.1) is 0 Å². The molecule has 2 rings (SSSR count). The van der Waals surface area contributed by atoms with Crippen molar-refractivity contribution in [2.75, 3.05) is 6.54 Å². The van der Waals surface area contributed by atoms with E-state index in [2.05, 4.69) is 12.2 Å². The Labute approximate surface area is 124 Å². The first-order valence-electron chi connectivity index (χ1n) is 8.73. The van der Waals surface area contributed by atoms with Crippen molar-refractivity contribution in [3.63, 3.8) is 0 Å². The van der Waals surface area contributed by atoms with Crippen LogP contribution in [0.4, 0.5) is 0 Å². The highest BCUT2D eigenvalue weighted by Crippen LogP contribution is 2.32. The molecule has 4 unspecified atom stereocenters. The van der Waals surface area contributed by atoms with Gasteiger partial charge in [-0.1, -0.05) is 39.0 Å². The van der Waals surface area contributed by atoms with E-state index in [-0.39, 0.29) is 5.92 Å². The zero-order valence-electron chi connectivity index (χ0n) is 13.1. The van der Waals surface area contributed by atoms with Crippen LogP contribution in [0.5, 0.6) is 0 Å². The summed E-state index contributed by atoms with van der Waals surface area (Å²) in [4.78, 5) is 12.5. The van der Waals surface area contributed by atoms with E-state index in [1.165, 1.54) is 44.9 Å². The first-order valence-corrected chi connectivity index (χ1v) is 8.73. The Bertz CT molecular complexity index is 303. The molecule has 0 heterocycles. The molecule has 0 aromatic heterocycles. The topological polar surface area (TPSA) is 55.1 Å². The summed E-state index contributed by atoms with van der Waals surface area (Å²) in [5.41, 5.74) is 5.66. The Morgan fingerprint density at radius 1 is 1.10 bits per heavy atom. The van der Waals surface area contributed by atoms with Crippen molar-refractivity contribution < 1.29 is 4.79 Å². The van der Waals surface area contributed by atoms with E-state index in [0.717, 1.165) is 31.7 Å². The van der Waals surface area contributed by atoms with E-state index < -0.39 is 0 Å². The number of nitrogens with one attached hydrogen (secondary N) is 1. The summed E-state index contributed by atoms with van der Waals surface area (Å²) in [5, 5.41) is 3.35. The molecule has 0 aromatic rings. The summed E-state index contributed by atoms with van der Waals surface area (Å²) < 4.78 is 0. The zero-order chi connectivity index (χ0) is 14.4. The Morgan fingerprint density at radius 3 is 2.60 bits per heavy atom. The van der Waals surface area contributed by atoms with Gasteiger partial charge in [-0.05, 0) is 50.5 Å². The highest BCUT2D eigenvalue weighted by molar-refractivity contribution is 5.79. The predicted octanol–water partition coefficient (Wildman–Crippen LogP) is 3.23. The van der Waals surface area contributed by atoms with Crippen molar-refractivity contribution in [3.8, 4) is 0 Å². The van der Waals surface area contributed by atoms with Crippen LogP contribution < -0.4 is 11.1 Å². The molecule has 3 heteroatoms. The fourth-order valence-electron chi connectivity index (χ4n) is 4.14. The minimum Gasteiger partial charge on any atom is -0.353 e. The second-order valence-corrected chi connectivity index (χ2v) is 6.95. The fourth-order valence-corrected chi connectivity index (χ4v) is 4.14. The van der Waals surface area contributed by atoms with Crippen molar-refractivity contribution in [1.29, 1.82) is 0 Å². The van der Waals surface area contributed by atoms with Crippen LogP contribution in [0, 0.1) is 17.8 Å². The van der Waals surface area contributed by atoms with Gasteiger partial charge >= 0.3 is 0 Å². The molecule has 0 radical (unpaired) electrons. The van der Waals surface area contributed by atoms with Crippen LogP contribution in [-0.2, 0) is 4.79 Å². The molecule has 3 N–H and O–H groups in total. The minimum absolute atomic E-state index is 0.252. The standard InChI is InChI=1S/C17H32N2O/c1-2-13-5-4-8-16(12-13)19-17(20)15-7-3-6-14(11-15)9-10-18/h13-16H,2-12,18H2,1H3,(H,19,20). The van der Waals surface area contributed by atoms with Gasteiger partial charge in [-0.15, -0.1) is 0 Å². The molecule has 2 aliphatic carbocycles. The maximum absolute atomic E-state index is 12.5. The lowest BCUT2D eigenvalue weighted by atomic mass is 9.79. The molecular formula is C17H32N2O. The van der Waals surface area contributed by atoms with Crippen molar-refractivity contribution in [1.82, 2.24) is 5.32 Å². The smallest absolute Gasteiger partial charge is 0.223 e. The lowest BCUT2D eigenvalue weighted by Gasteiger charge is -2.32. The summed E-state index contributed by atoms with van der Waals surface area (Å²) in [7, 11) is 0. The van der Waals surface area contributed by atoms with Crippen LogP contribution >= 0.6 is 0 Å². The second kappa shape index (κ2) is 8.02. The van der Waals surface area contributed by atoms with Crippen LogP contribution in [0.25, 0.3) is 0 Å². The summed E-state index contributed by atoms with van der Waals surface area (Å²) in [6.07, 6.45) is 12.0. The second-order valence-electron chi connectivity index (χ2n) is 6.95. The van der Waals surface area contributed by atoms with Gasteiger partial charge in [0.15, 0.2) is 0 Å². The molecule has 0 bridgehead atoms. The summed E-state index contributed by atoms with van der Waals surface area (Å²) in [6, 6.07) is 0.441. The molecule has 116 valence electrons. The van der Waals surface area contributed by atoms with Gasteiger partial charge in [0.2, 0.25) is 5.91 Å². The largest absolute Gasteiger partial charge is 0.353 e. The van der Waals surface area contributed by atoms with Crippen molar-refractivity contribution in [2.24, 2.45) is 23.5 Å². The van der Waals surface area contributed by atoms with Crippen LogP contribution in [0.3, 0.4) is 0 Å². The zero-order valence-corrected chi connectivity index (χ0v) is 13.1. The number of hydrogen-bond donors (Lipinski definition) is 2. The van der Waals surface area contributed by atoms with Crippen molar-refractivity contribution in [2.45, 2.75) is 77.2 Å². The molecule has 4 atom stereocenters. The van der Waals surface area contributed by atoms with E-state index in [1.807, 2.05) is 0 Å². The van der Waals surface area contributed by atoms with Crippen molar-refractivity contribution in [3.05, 3.63) is 0 Å². The molecule has 1 amide bonds. The van der Waals surface area contributed by atoms with Crippen LogP contribution in [0.15, 0.2) is 0 Å². The number of carbonyl (C=O) groups excluding carboxylic acids is 1. The Kier molecular flexibility index (Phi) is 6.34. The number of rotatable bonds is 5. The first-order chi connectivity index (χ1) is 9.72. The number of nitrogens with two attached hydrogens (primary N) is 1. The molecule has 0 spiro atoms. The normalized spacial score (nSPS) is 34.7. The average Bonchev–Trinajstić information content (AvgIpc) is 2.48. The van der Waals surface area contributed by atoms with Gasteiger partial charge in [-0.2, -0.15) is 0 Å². The Hall–Kier alpha value is -0.570. The summed E-state index contributed by atoms with van der Waals surface area (Å²) >= 11 is 0. The third-order valence-corrected chi connectivity index (χ3v) is 5.44. The van der Waals surface area contributed by atoms with E-state index in [1.54, 1.807) is 0 Å². The van der Waals surface area contributed by atoms with Gasteiger partial charge in [-0.25, -0.2) is 0 Å². The molecule has 0 aromatic carbocycles. The molecule has 2 saturated carbocycles. The number of hydrogen-bond acceptors (Lipinski definition) is 2. The third-order valence-electron chi connectivity index (χ3n) is 5.44. The molecule has 0 aliphatic heterocycles. The molecule has 2 aliphatic rings. The van der Waals surface area contributed by atoms with E-state index in [0.29, 0.717) is 17.9 Å². The molecule has 20 heavy (non-hydrogen) atoms. The minimum atomic E-state index is 0.252. The van der Waals surface area contributed by atoms with E-state index in [4.69, 9.17) is 5.73 Å². The van der Waals surface area contributed by atoms with Crippen LogP contribution in [0.1, 0.15) is 71.1 Å². The monoisotopic (exact) mass is 280 g/mol. The highest BCUT2D eigenvalue weighted by Gasteiger charge is 2.29. The van der Waals surface area contributed by atoms with E-state index >= 15 is 0 Å². The maximum atomic E-state index is 12.5. The highest BCUT2D eigenvalue weighted by atomic mass is 16.1. The summed E-state index contributed by atoms with van der Waals surface area (Å²) in [5.74, 6) is 2.08. The lowest BCUT2D eigenvalue weighted by Crippen LogP contribution is -2.42. The van der Waals surface area contributed by atoms with Crippen molar-refractivity contribution >= 4 is 5.91 Å². The van der Waals surface area contributed by atoms with Gasteiger partial charge in [0, 0.05) is 12.0 Å². The predicted molar refractivity (Wildman–Crippen MR) is 83.3 cm³/mol. The lowest BCUT2D eigenvalue weighted by molar-refractivity contribution is -0.127. The molecular weight excluding hydrogens is 248 g/mol. The Balaban J connectivity index is 1.78.